The molecule has 0 atom stereocenters. The van der Waals surface area contributed by atoms with E-state index < -0.39 is 0 Å². The number of aromatic nitrogens is 6. The molecule has 0 radical (unpaired) electrons. The number of rotatable bonds is 7. The van der Waals surface area contributed by atoms with Crippen LogP contribution in [0.2, 0.25) is 0 Å². The third-order valence-corrected chi connectivity index (χ3v) is 14.3. The molecule has 8 heteroatoms. The highest BCUT2D eigenvalue weighted by Crippen LogP contribution is 2.45. The van der Waals surface area contributed by atoms with Crippen LogP contribution in [0.4, 0.5) is 0 Å². The van der Waals surface area contributed by atoms with Crippen molar-refractivity contribution in [1.29, 1.82) is 0 Å². The molecule has 14 rings (SSSR count). The first-order valence-electron chi connectivity index (χ1n) is 22.9. The van der Waals surface area contributed by atoms with Gasteiger partial charge in [0, 0.05) is 54.1 Å². The lowest BCUT2D eigenvalue weighted by atomic mass is 9.97. The van der Waals surface area contributed by atoms with Crippen molar-refractivity contribution in [3.05, 3.63) is 218 Å². The summed E-state index contributed by atoms with van der Waals surface area (Å²) < 4.78 is 11.1. The van der Waals surface area contributed by atoms with E-state index in [9.17, 15) is 0 Å². The van der Waals surface area contributed by atoms with Crippen LogP contribution in [0.5, 0.6) is 0 Å². The minimum absolute atomic E-state index is 0.520. The Balaban J connectivity index is 1.10. The van der Waals surface area contributed by atoms with Gasteiger partial charge in [-0.25, -0.2) is 24.9 Å². The van der Waals surface area contributed by atoms with Gasteiger partial charge in [0.25, 0.3) is 0 Å². The predicted octanol–water partition coefficient (Wildman–Crippen LogP) is 16.0. The van der Waals surface area contributed by atoms with Gasteiger partial charge in [0.05, 0.1) is 38.0 Å². The summed E-state index contributed by atoms with van der Waals surface area (Å²) in [6.07, 6.45) is 0. The Morgan fingerprint density at radius 2 is 0.971 bits per heavy atom. The van der Waals surface area contributed by atoms with Crippen LogP contribution in [0.25, 0.3) is 138 Å². The van der Waals surface area contributed by atoms with Crippen LogP contribution in [0.1, 0.15) is 0 Å². The first-order valence-corrected chi connectivity index (χ1v) is 23.7. The molecule has 0 unspecified atom stereocenters. The standard InChI is InChI=1S/C61H36N6OS/c1-4-18-37(19-5-1)41-24-10-11-26-43(41)54-57-55(46-28-14-17-31-52(46)69-57)63-60(62-54)40-32-34-49(47(36-40)61-65-58(38-20-6-2-7-21-38)64-59(66-61)39-22-8-3-9-23-39)67-48-29-15-12-25-42(48)44-33-35-51-53(56(44)67)45-27-13-16-30-50(45)68-51/h1-36H. The summed E-state index contributed by atoms with van der Waals surface area (Å²) in [4.78, 5) is 26.9. The van der Waals surface area contributed by atoms with Crippen LogP contribution < -0.4 is 0 Å². The second-order valence-corrected chi connectivity index (χ2v) is 18.2. The van der Waals surface area contributed by atoms with Gasteiger partial charge in [-0.1, -0.05) is 170 Å². The molecular weight excluding hydrogens is 865 g/mol. The number of para-hydroxylation sites is 2. The SMILES string of the molecule is c1ccc(-c2nc(-c3ccccc3)nc(-c3cc(-c4nc(-c5ccccc5-c5ccccc5)c5sc6ccccc6c5n4)ccc3-n3c4ccccc4c4ccc5oc6ccccc6c5c43)n2)cc1. The Hall–Kier alpha value is -9.11. The highest BCUT2D eigenvalue weighted by atomic mass is 32.1. The van der Waals surface area contributed by atoms with E-state index in [1.165, 1.54) is 0 Å². The molecule has 69 heavy (non-hydrogen) atoms. The molecule has 0 spiro atoms. The summed E-state index contributed by atoms with van der Waals surface area (Å²) >= 11 is 1.73. The van der Waals surface area contributed by atoms with Crippen LogP contribution in [-0.2, 0) is 0 Å². The van der Waals surface area contributed by atoms with Gasteiger partial charge in [-0.15, -0.1) is 11.3 Å². The molecule has 0 saturated heterocycles. The van der Waals surface area contributed by atoms with E-state index >= 15 is 0 Å². The van der Waals surface area contributed by atoms with Gasteiger partial charge >= 0.3 is 0 Å². The van der Waals surface area contributed by atoms with Gasteiger partial charge in [0.1, 0.15) is 11.2 Å². The largest absolute Gasteiger partial charge is 0.456 e. The first kappa shape index (κ1) is 39.1. The normalized spacial score (nSPS) is 11.8. The molecular formula is C61H36N6OS. The summed E-state index contributed by atoms with van der Waals surface area (Å²) in [5.41, 5.74) is 13.1. The van der Waals surface area contributed by atoms with Gasteiger partial charge in [-0.3, -0.25) is 0 Å². The number of hydrogen-bond donors (Lipinski definition) is 0. The number of furan rings is 1. The summed E-state index contributed by atoms with van der Waals surface area (Å²) in [5.74, 6) is 2.26. The van der Waals surface area contributed by atoms with Gasteiger partial charge in [0.15, 0.2) is 23.3 Å². The maximum absolute atomic E-state index is 6.55. The molecule has 0 N–H and O–H groups in total. The summed E-state index contributed by atoms with van der Waals surface area (Å²) in [7, 11) is 0. The molecule has 0 bridgehead atoms. The number of hydrogen-bond acceptors (Lipinski definition) is 7. The number of nitrogens with zero attached hydrogens (tertiary/aromatic N) is 6. The fourth-order valence-corrected chi connectivity index (χ4v) is 11.1. The van der Waals surface area contributed by atoms with Crippen molar-refractivity contribution in [2.75, 3.05) is 0 Å². The first-order chi connectivity index (χ1) is 34.2. The van der Waals surface area contributed by atoms with Crippen molar-refractivity contribution in [3.8, 4) is 73.6 Å². The number of benzene rings is 9. The van der Waals surface area contributed by atoms with E-state index in [0.717, 1.165) is 114 Å². The molecule has 0 aliphatic rings. The summed E-state index contributed by atoms with van der Waals surface area (Å²) in [5, 5.41) is 5.42. The average molecular weight is 901 g/mol. The van der Waals surface area contributed by atoms with E-state index in [1.54, 1.807) is 11.3 Å². The zero-order valence-electron chi connectivity index (χ0n) is 36.8. The maximum atomic E-state index is 6.55. The maximum Gasteiger partial charge on any atom is 0.166 e. The number of thiophene rings is 1. The van der Waals surface area contributed by atoms with E-state index in [0.29, 0.717) is 23.3 Å². The van der Waals surface area contributed by atoms with E-state index in [1.807, 2.05) is 72.8 Å². The van der Waals surface area contributed by atoms with Crippen LogP contribution in [0.15, 0.2) is 223 Å². The van der Waals surface area contributed by atoms with Crippen LogP contribution in [0.3, 0.4) is 0 Å². The van der Waals surface area contributed by atoms with Gasteiger partial charge < -0.3 is 8.98 Å². The Bertz CT molecular complexity index is 4250. The van der Waals surface area contributed by atoms with Gasteiger partial charge in [-0.05, 0) is 59.7 Å². The Kier molecular flexibility index (Phi) is 8.93. The number of fused-ring (bicyclic) bond motifs is 10. The minimum Gasteiger partial charge on any atom is -0.456 e. The average Bonchev–Trinajstić information content (AvgIpc) is 4.11. The van der Waals surface area contributed by atoms with Crippen molar-refractivity contribution in [3.63, 3.8) is 0 Å². The second-order valence-electron chi connectivity index (χ2n) is 17.1. The lowest BCUT2D eigenvalue weighted by Gasteiger charge is -2.17. The predicted molar refractivity (Wildman–Crippen MR) is 283 cm³/mol. The molecule has 9 aromatic carbocycles. The second kappa shape index (κ2) is 15.8. The Morgan fingerprint density at radius 3 is 1.72 bits per heavy atom. The zero-order valence-corrected chi connectivity index (χ0v) is 37.6. The van der Waals surface area contributed by atoms with Crippen LogP contribution in [-0.4, -0.2) is 29.5 Å². The van der Waals surface area contributed by atoms with E-state index in [2.05, 4.69) is 150 Å². The van der Waals surface area contributed by atoms with Crippen molar-refractivity contribution in [2.24, 2.45) is 0 Å². The van der Waals surface area contributed by atoms with Gasteiger partial charge in [-0.2, -0.15) is 0 Å². The minimum atomic E-state index is 0.520. The lowest BCUT2D eigenvalue weighted by molar-refractivity contribution is 0.669. The topological polar surface area (TPSA) is 82.5 Å². The molecule has 0 aliphatic heterocycles. The fraction of sp³-hybridized carbons (Fsp3) is 0. The molecule has 0 aliphatic carbocycles. The smallest absolute Gasteiger partial charge is 0.166 e. The Morgan fingerprint density at radius 1 is 0.377 bits per heavy atom. The zero-order chi connectivity index (χ0) is 45.4. The molecule has 14 aromatic rings. The molecule has 0 fully saturated rings. The summed E-state index contributed by atoms with van der Waals surface area (Å²) in [6.45, 7) is 0. The molecule has 322 valence electrons. The molecule has 5 heterocycles. The van der Waals surface area contributed by atoms with Crippen LogP contribution in [0, 0.1) is 0 Å². The van der Waals surface area contributed by atoms with Crippen molar-refractivity contribution < 1.29 is 4.42 Å². The molecule has 0 amide bonds. The Labute approximate surface area is 399 Å². The van der Waals surface area contributed by atoms with E-state index in [4.69, 9.17) is 29.3 Å². The van der Waals surface area contributed by atoms with Crippen molar-refractivity contribution in [2.45, 2.75) is 0 Å². The molecule has 5 aromatic heterocycles. The van der Waals surface area contributed by atoms with Gasteiger partial charge in [0.2, 0.25) is 0 Å². The van der Waals surface area contributed by atoms with Crippen molar-refractivity contribution >= 4 is 75.4 Å². The van der Waals surface area contributed by atoms with E-state index in [-0.39, 0.29) is 0 Å². The third-order valence-electron chi connectivity index (χ3n) is 13.1. The van der Waals surface area contributed by atoms with Crippen molar-refractivity contribution in [1.82, 2.24) is 29.5 Å². The lowest BCUT2D eigenvalue weighted by Crippen LogP contribution is -2.04. The van der Waals surface area contributed by atoms with Crippen LogP contribution >= 0.6 is 11.3 Å². The molecule has 7 nitrogen and oxygen atoms in total. The third kappa shape index (κ3) is 6.38. The highest BCUT2D eigenvalue weighted by molar-refractivity contribution is 7.26. The summed E-state index contributed by atoms with van der Waals surface area (Å²) in [6, 6.07) is 75.5. The fourth-order valence-electron chi connectivity index (χ4n) is 9.96. The quantitative estimate of drug-likeness (QED) is 0.158. The monoisotopic (exact) mass is 900 g/mol. The highest BCUT2D eigenvalue weighted by Gasteiger charge is 2.25. The molecule has 0 saturated carbocycles.